The third-order valence-electron chi connectivity index (χ3n) is 1.86. The van der Waals surface area contributed by atoms with Crippen LogP contribution in [-0.2, 0) is 0 Å². The standard InChI is InChI=1S/C10H17N3OS2/c1-3-5-7-15-10-13-12-9(16-10)8(14)11-6-4-2/h3-7H2,1-2H3,(H,11,14). The minimum atomic E-state index is -0.110. The maximum atomic E-state index is 11.5. The van der Waals surface area contributed by atoms with Gasteiger partial charge in [-0.1, -0.05) is 43.4 Å². The number of rotatable bonds is 7. The van der Waals surface area contributed by atoms with E-state index >= 15 is 0 Å². The van der Waals surface area contributed by atoms with Crippen LogP contribution in [-0.4, -0.2) is 28.4 Å². The van der Waals surface area contributed by atoms with Crippen molar-refractivity contribution in [3.63, 3.8) is 0 Å². The second-order valence-electron chi connectivity index (χ2n) is 3.33. The first-order valence-corrected chi connectivity index (χ1v) is 7.32. The van der Waals surface area contributed by atoms with Crippen LogP contribution in [0.1, 0.15) is 42.9 Å². The van der Waals surface area contributed by atoms with Crippen molar-refractivity contribution >= 4 is 29.0 Å². The van der Waals surface area contributed by atoms with E-state index in [1.54, 1.807) is 11.8 Å². The summed E-state index contributed by atoms with van der Waals surface area (Å²) in [5.41, 5.74) is 0. The predicted molar refractivity (Wildman–Crippen MR) is 68.2 cm³/mol. The number of hydrogen-bond acceptors (Lipinski definition) is 5. The van der Waals surface area contributed by atoms with Crippen LogP contribution in [0.3, 0.4) is 0 Å². The van der Waals surface area contributed by atoms with E-state index in [2.05, 4.69) is 22.4 Å². The fourth-order valence-corrected chi connectivity index (χ4v) is 2.90. The number of thioether (sulfide) groups is 1. The summed E-state index contributed by atoms with van der Waals surface area (Å²) < 4.78 is 0.884. The van der Waals surface area contributed by atoms with Crippen molar-refractivity contribution in [2.45, 2.75) is 37.4 Å². The Morgan fingerprint density at radius 3 is 2.88 bits per heavy atom. The number of carbonyl (C=O) groups is 1. The van der Waals surface area contributed by atoms with E-state index in [4.69, 9.17) is 0 Å². The molecule has 1 rings (SSSR count). The third kappa shape index (κ3) is 4.49. The van der Waals surface area contributed by atoms with Gasteiger partial charge in [0.05, 0.1) is 0 Å². The van der Waals surface area contributed by atoms with E-state index in [0.29, 0.717) is 11.6 Å². The van der Waals surface area contributed by atoms with E-state index < -0.39 is 0 Å². The second kappa shape index (κ2) is 7.62. The molecule has 90 valence electrons. The molecule has 0 saturated heterocycles. The second-order valence-corrected chi connectivity index (χ2v) is 5.65. The molecule has 0 spiro atoms. The highest BCUT2D eigenvalue weighted by Gasteiger charge is 2.11. The zero-order valence-corrected chi connectivity index (χ0v) is 11.3. The lowest BCUT2D eigenvalue weighted by atomic mass is 10.4. The quantitative estimate of drug-likeness (QED) is 0.604. The van der Waals surface area contributed by atoms with Gasteiger partial charge in [0.15, 0.2) is 4.34 Å². The minimum absolute atomic E-state index is 0.110. The molecule has 0 aliphatic heterocycles. The summed E-state index contributed by atoms with van der Waals surface area (Å²) in [6.07, 6.45) is 3.28. The molecular formula is C10H17N3OS2. The first-order valence-electron chi connectivity index (χ1n) is 5.52. The van der Waals surface area contributed by atoms with Crippen molar-refractivity contribution in [2.24, 2.45) is 0 Å². The zero-order chi connectivity index (χ0) is 11.8. The molecular weight excluding hydrogens is 242 g/mol. The Kier molecular flexibility index (Phi) is 6.40. The number of unbranched alkanes of at least 4 members (excludes halogenated alkanes) is 1. The Balaban J connectivity index is 2.41. The summed E-state index contributed by atoms with van der Waals surface area (Å²) in [6, 6.07) is 0. The van der Waals surface area contributed by atoms with E-state index in [1.165, 1.54) is 24.2 Å². The van der Waals surface area contributed by atoms with Crippen molar-refractivity contribution < 1.29 is 4.79 Å². The average Bonchev–Trinajstić information content (AvgIpc) is 2.75. The van der Waals surface area contributed by atoms with Crippen LogP contribution >= 0.6 is 23.1 Å². The Bertz CT molecular complexity index is 328. The van der Waals surface area contributed by atoms with Gasteiger partial charge in [-0.25, -0.2) is 0 Å². The molecule has 6 heteroatoms. The molecule has 1 aromatic rings. The lowest BCUT2D eigenvalue weighted by Crippen LogP contribution is -2.23. The van der Waals surface area contributed by atoms with Crippen LogP contribution in [0.15, 0.2) is 4.34 Å². The van der Waals surface area contributed by atoms with Gasteiger partial charge in [-0.05, 0) is 12.8 Å². The van der Waals surface area contributed by atoms with Crippen LogP contribution in [0.4, 0.5) is 0 Å². The van der Waals surface area contributed by atoms with Crippen molar-refractivity contribution in [1.82, 2.24) is 15.5 Å². The Hall–Kier alpha value is -0.620. The van der Waals surface area contributed by atoms with Crippen LogP contribution in [0.2, 0.25) is 0 Å². The Morgan fingerprint density at radius 1 is 1.38 bits per heavy atom. The van der Waals surface area contributed by atoms with Gasteiger partial charge in [0, 0.05) is 12.3 Å². The number of nitrogens with zero attached hydrogens (tertiary/aromatic N) is 2. The molecule has 1 aromatic heterocycles. The van der Waals surface area contributed by atoms with Crippen LogP contribution in [0, 0.1) is 0 Å². The Morgan fingerprint density at radius 2 is 2.19 bits per heavy atom. The molecule has 0 radical (unpaired) electrons. The zero-order valence-electron chi connectivity index (χ0n) is 9.65. The predicted octanol–water partition coefficient (Wildman–Crippen LogP) is 2.57. The summed E-state index contributed by atoms with van der Waals surface area (Å²) in [5, 5.41) is 11.1. The van der Waals surface area contributed by atoms with Gasteiger partial charge in [0.2, 0.25) is 5.01 Å². The molecule has 1 N–H and O–H groups in total. The van der Waals surface area contributed by atoms with Crippen molar-refractivity contribution in [3.8, 4) is 0 Å². The molecule has 0 aromatic carbocycles. The van der Waals surface area contributed by atoms with E-state index in [1.807, 2.05) is 6.92 Å². The molecule has 0 saturated carbocycles. The van der Waals surface area contributed by atoms with E-state index in [0.717, 1.165) is 16.5 Å². The summed E-state index contributed by atoms with van der Waals surface area (Å²) in [6.45, 7) is 4.87. The van der Waals surface area contributed by atoms with E-state index in [9.17, 15) is 4.79 Å². The highest BCUT2D eigenvalue weighted by Crippen LogP contribution is 2.23. The number of amides is 1. The van der Waals surface area contributed by atoms with Crippen molar-refractivity contribution in [3.05, 3.63) is 5.01 Å². The summed E-state index contributed by atoms with van der Waals surface area (Å²) >= 11 is 3.04. The van der Waals surface area contributed by atoms with Gasteiger partial charge in [0.25, 0.3) is 5.91 Å². The van der Waals surface area contributed by atoms with Crippen LogP contribution < -0.4 is 5.32 Å². The fourth-order valence-electron chi connectivity index (χ4n) is 0.978. The number of nitrogens with one attached hydrogen (secondary N) is 1. The summed E-state index contributed by atoms with van der Waals surface area (Å²) in [4.78, 5) is 11.5. The SMILES string of the molecule is CCCCSc1nnc(C(=O)NCCC)s1. The van der Waals surface area contributed by atoms with Crippen molar-refractivity contribution in [1.29, 1.82) is 0 Å². The van der Waals surface area contributed by atoms with Gasteiger partial charge < -0.3 is 5.32 Å². The van der Waals surface area contributed by atoms with Crippen molar-refractivity contribution in [2.75, 3.05) is 12.3 Å². The maximum absolute atomic E-state index is 11.5. The number of aromatic nitrogens is 2. The Labute approximate surface area is 104 Å². The third-order valence-corrected chi connectivity index (χ3v) is 4.00. The topological polar surface area (TPSA) is 54.9 Å². The molecule has 0 aliphatic rings. The molecule has 16 heavy (non-hydrogen) atoms. The van der Waals surface area contributed by atoms with Crippen LogP contribution in [0.5, 0.6) is 0 Å². The molecule has 0 unspecified atom stereocenters. The van der Waals surface area contributed by atoms with Gasteiger partial charge in [-0.3, -0.25) is 4.79 Å². The lowest BCUT2D eigenvalue weighted by molar-refractivity contribution is 0.0952. The van der Waals surface area contributed by atoms with Gasteiger partial charge in [-0.2, -0.15) is 0 Å². The average molecular weight is 259 g/mol. The summed E-state index contributed by atoms with van der Waals surface area (Å²) in [7, 11) is 0. The maximum Gasteiger partial charge on any atom is 0.282 e. The van der Waals surface area contributed by atoms with Gasteiger partial charge in [-0.15, -0.1) is 10.2 Å². The highest BCUT2D eigenvalue weighted by atomic mass is 32.2. The van der Waals surface area contributed by atoms with Crippen LogP contribution in [0.25, 0.3) is 0 Å². The summed E-state index contributed by atoms with van der Waals surface area (Å²) in [5.74, 6) is 0.934. The van der Waals surface area contributed by atoms with Gasteiger partial charge >= 0.3 is 0 Å². The highest BCUT2D eigenvalue weighted by molar-refractivity contribution is 8.01. The molecule has 1 amide bonds. The molecule has 0 aliphatic carbocycles. The minimum Gasteiger partial charge on any atom is -0.350 e. The monoisotopic (exact) mass is 259 g/mol. The molecule has 1 heterocycles. The first kappa shape index (κ1) is 13.4. The normalized spacial score (nSPS) is 10.4. The lowest BCUT2D eigenvalue weighted by Gasteiger charge is -1.97. The smallest absolute Gasteiger partial charge is 0.282 e. The largest absolute Gasteiger partial charge is 0.350 e. The molecule has 0 fully saturated rings. The molecule has 0 bridgehead atoms. The first-order chi connectivity index (χ1) is 7.77. The van der Waals surface area contributed by atoms with Gasteiger partial charge in [0.1, 0.15) is 0 Å². The number of carbonyl (C=O) groups excluding carboxylic acids is 1. The fraction of sp³-hybridized carbons (Fsp3) is 0.700. The number of hydrogen-bond donors (Lipinski definition) is 1. The van der Waals surface area contributed by atoms with E-state index in [-0.39, 0.29) is 5.91 Å². The molecule has 4 nitrogen and oxygen atoms in total. The molecule has 0 atom stereocenters.